The molecule has 0 N–H and O–H groups in total. The quantitative estimate of drug-likeness (QED) is 0.420. The summed E-state index contributed by atoms with van der Waals surface area (Å²) in [6, 6.07) is 12.8. The van der Waals surface area contributed by atoms with Gasteiger partial charge in [0.15, 0.2) is 0 Å². The number of hydrogen-bond donors (Lipinski definition) is 0. The standard InChI is InChI=1S/C28H29F2N3O2/c1-17-3-4-21-11-19(6-10-26(21)33(17)18(2)34)20-5-9-25(22-14-31-32(15-22)24-7-8-24)27(12-20)35-16-23-13-28(23,29)30/h5-6,9-12,14-15,17,23-24H,3-4,7-8,13,16H2,1-2H3/t17-,23-/m1/s1. The van der Waals surface area contributed by atoms with E-state index in [0.717, 1.165) is 59.2 Å². The summed E-state index contributed by atoms with van der Waals surface area (Å²) in [5, 5.41) is 4.49. The smallest absolute Gasteiger partial charge is 0.255 e. The van der Waals surface area contributed by atoms with E-state index in [-0.39, 0.29) is 25.0 Å². The van der Waals surface area contributed by atoms with Crippen molar-refractivity contribution in [3.05, 3.63) is 54.4 Å². The molecule has 35 heavy (non-hydrogen) atoms. The molecule has 182 valence electrons. The van der Waals surface area contributed by atoms with E-state index in [1.165, 1.54) is 0 Å². The van der Waals surface area contributed by atoms with Gasteiger partial charge in [0.1, 0.15) is 5.75 Å². The van der Waals surface area contributed by atoms with Gasteiger partial charge in [-0.1, -0.05) is 12.1 Å². The second-order valence-corrected chi connectivity index (χ2v) is 10.2. The summed E-state index contributed by atoms with van der Waals surface area (Å²) in [4.78, 5) is 14.1. The molecule has 7 heteroatoms. The monoisotopic (exact) mass is 477 g/mol. The Balaban J connectivity index is 1.34. The maximum Gasteiger partial charge on any atom is 0.255 e. The molecule has 2 saturated carbocycles. The van der Waals surface area contributed by atoms with Gasteiger partial charge >= 0.3 is 0 Å². The third-order valence-corrected chi connectivity index (χ3v) is 7.49. The number of carbonyl (C=O) groups excluding carboxylic acids is 1. The highest BCUT2D eigenvalue weighted by molar-refractivity contribution is 5.94. The summed E-state index contributed by atoms with van der Waals surface area (Å²) in [6.45, 7) is 3.68. The zero-order valence-corrected chi connectivity index (χ0v) is 20.0. The van der Waals surface area contributed by atoms with Crippen LogP contribution in [0, 0.1) is 5.92 Å². The largest absolute Gasteiger partial charge is 0.492 e. The summed E-state index contributed by atoms with van der Waals surface area (Å²) < 4.78 is 35.0. The van der Waals surface area contributed by atoms with Crippen molar-refractivity contribution in [3.63, 3.8) is 0 Å². The average Bonchev–Trinajstić information content (AvgIpc) is 3.73. The number of amides is 1. The molecule has 0 saturated heterocycles. The zero-order valence-electron chi connectivity index (χ0n) is 20.0. The Morgan fingerprint density at radius 2 is 1.86 bits per heavy atom. The molecule has 2 heterocycles. The SMILES string of the molecule is CC(=O)N1c2ccc(-c3ccc(-c4cnn(C5CC5)c4)c(OC[C@H]4CC4(F)F)c3)cc2CC[C@H]1C. The van der Waals surface area contributed by atoms with Crippen molar-refractivity contribution in [2.75, 3.05) is 11.5 Å². The van der Waals surface area contributed by atoms with Crippen LogP contribution in [0.4, 0.5) is 14.5 Å². The van der Waals surface area contributed by atoms with Crippen molar-refractivity contribution < 1.29 is 18.3 Å². The van der Waals surface area contributed by atoms with E-state index in [1.54, 1.807) is 6.92 Å². The number of alkyl halides is 2. The third-order valence-electron chi connectivity index (χ3n) is 7.49. The molecule has 2 aromatic carbocycles. The molecule has 1 amide bonds. The third kappa shape index (κ3) is 4.21. The molecule has 3 aromatic rings. The van der Waals surface area contributed by atoms with Crippen LogP contribution in [0.15, 0.2) is 48.8 Å². The number of aromatic nitrogens is 2. The minimum Gasteiger partial charge on any atom is -0.492 e. The summed E-state index contributed by atoms with van der Waals surface area (Å²) >= 11 is 0. The molecule has 3 aliphatic rings. The van der Waals surface area contributed by atoms with E-state index < -0.39 is 11.8 Å². The first-order valence-electron chi connectivity index (χ1n) is 12.4. The van der Waals surface area contributed by atoms with E-state index in [0.29, 0.717) is 11.8 Å². The molecule has 0 radical (unpaired) electrons. The van der Waals surface area contributed by atoms with Crippen molar-refractivity contribution in [1.82, 2.24) is 9.78 Å². The molecule has 2 aliphatic carbocycles. The van der Waals surface area contributed by atoms with Crippen LogP contribution in [-0.2, 0) is 11.2 Å². The van der Waals surface area contributed by atoms with Crippen LogP contribution in [0.5, 0.6) is 5.75 Å². The predicted octanol–water partition coefficient (Wildman–Crippen LogP) is 6.27. The molecule has 1 aliphatic heterocycles. The van der Waals surface area contributed by atoms with Crippen LogP contribution in [-0.4, -0.2) is 34.3 Å². The molecular formula is C28H29F2N3O2. The maximum atomic E-state index is 13.5. The van der Waals surface area contributed by atoms with Crippen LogP contribution >= 0.6 is 0 Å². The van der Waals surface area contributed by atoms with Gasteiger partial charge in [0.05, 0.1) is 24.8 Å². The number of rotatable bonds is 6. The Labute approximate surface area is 203 Å². The van der Waals surface area contributed by atoms with Crippen LogP contribution in [0.1, 0.15) is 51.1 Å². The normalized spacial score (nSPS) is 22.6. The molecule has 2 fully saturated rings. The second-order valence-electron chi connectivity index (χ2n) is 10.2. The number of carbonyl (C=O) groups is 1. The van der Waals surface area contributed by atoms with Crippen LogP contribution in [0.3, 0.4) is 0 Å². The average molecular weight is 478 g/mol. The summed E-state index contributed by atoms with van der Waals surface area (Å²) in [5.41, 5.74) is 5.87. The highest BCUT2D eigenvalue weighted by Gasteiger charge is 2.57. The first-order valence-corrected chi connectivity index (χ1v) is 12.4. The molecule has 2 atom stereocenters. The fourth-order valence-corrected chi connectivity index (χ4v) is 5.13. The predicted molar refractivity (Wildman–Crippen MR) is 131 cm³/mol. The number of ether oxygens (including phenoxy) is 1. The van der Waals surface area contributed by atoms with Crippen LogP contribution in [0.25, 0.3) is 22.3 Å². The fraction of sp³-hybridized carbons (Fsp3) is 0.429. The highest BCUT2D eigenvalue weighted by atomic mass is 19.3. The lowest BCUT2D eigenvalue weighted by Crippen LogP contribution is -2.40. The topological polar surface area (TPSA) is 47.4 Å². The molecular weight excluding hydrogens is 448 g/mol. The lowest BCUT2D eigenvalue weighted by Gasteiger charge is -2.34. The number of nitrogens with zero attached hydrogens (tertiary/aromatic N) is 3. The number of aryl methyl sites for hydroxylation is 1. The molecule has 1 aromatic heterocycles. The lowest BCUT2D eigenvalue weighted by atomic mass is 9.92. The van der Waals surface area contributed by atoms with E-state index >= 15 is 0 Å². The Morgan fingerprint density at radius 3 is 2.57 bits per heavy atom. The Morgan fingerprint density at radius 1 is 1.11 bits per heavy atom. The van der Waals surface area contributed by atoms with Crippen molar-refractivity contribution >= 4 is 11.6 Å². The number of hydrogen-bond acceptors (Lipinski definition) is 3. The van der Waals surface area contributed by atoms with Crippen molar-refractivity contribution in [2.45, 2.75) is 64.0 Å². The number of fused-ring (bicyclic) bond motifs is 1. The van der Waals surface area contributed by atoms with Gasteiger partial charge in [-0.05, 0) is 73.6 Å². The Kier molecular flexibility index (Phi) is 5.20. The zero-order chi connectivity index (χ0) is 24.3. The number of halogens is 2. The molecule has 0 bridgehead atoms. The van der Waals surface area contributed by atoms with Gasteiger partial charge in [0, 0.05) is 42.4 Å². The van der Waals surface area contributed by atoms with Crippen LogP contribution in [0.2, 0.25) is 0 Å². The molecule has 5 nitrogen and oxygen atoms in total. The minimum absolute atomic E-state index is 0.00410. The summed E-state index contributed by atoms with van der Waals surface area (Å²) in [6.07, 6.45) is 7.83. The first kappa shape index (κ1) is 22.3. The lowest BCUT2D eigenvalue weighted by molar-refractivity contribution is -0.117. The van der Waals surface area contributed by atoms with E-state index in [4.69, 9.17) is 4.74 Å². The van der Waals surface area contributed by atoms with Crippen molar-refractivity contribution in [3.8, 4) is 28.0 Å². The minimum atomic E-state index is -2.62. The second kappa shape index (κ2) is 8.18. The fourth-order valence-electron chi connectivity index (χ4n) is 5.13. The molecule has 0 spiro atoms. The van der Waals surface area contributed by atoms with E-state index in [9.17, 15) is 13.6 Å². The maximum absolute atomic E-state index is 13.5. The van der Waals surface area contributed by atoms with Crippen LogP contribution < -0.4 is 9.64 Å². The van der Waals surface area contributed by atoms with Gasteiger partial charge in [0.25, 0.3) is 5.92 Å². The van der Waals surface area contributed by atoms with E-state index in [1.807, 2.05) is 52.3 Å². The van der Waals surface area contributed by atoms with Gasteiger partial charge < -0.3 is 9.64 Å². The number of anilines is 1. The van der Waals surface area contributed by atoms with Gasteiger partial charge in [-0.15, -0.1) is 0 Å². The van der Waals surface area contributed by atoms with Gasteiger partial charge in [-0.2, -0.15) is 5.10 Å². The molecule has 6 rings (SSSR count). The van der Waals surface area contributed by atoms with Gasteiger partial charge in [-0.3, -0.25) is 9.48 Å². The van der Waals surface area contributed by atoms with E-state index in [2.05, 4.69) is 18.1 Å². The first-order chi connectivity index (χ1) is 16.8. The molecule has 0 unspecified atom stereocenters. The summed E-state index contributed by atoms with van der Waals surface area (Å²) in [5.74, 6) is -2.70. The van der Waals surface area contributed by atoms with Crippen molar-refractivity contribution in [2.24, 2.45) is 5.92 Å². The van der Waals surface area contributed by atoms with Crippen molar-refractivity contribution in [1.29, 1.82) is 0 Å². The Bertz CT molecular complexity index is 1300. The van der Waals surface area contributed by atoms with Gasteiger partial charge in [-0.25, -0.2) is 8.78 Å². The Hall–Kier alpha value is -3.22. The highest BCUT2D eigenvalue weighted by Crippen LogP contribution is 2.49. The summed E-state index contributed by atoms with van der Waals surface area (Å²) in [7, 11) is 0. The van der Waals surface area contributed by atoms with Gasteiger partial charge in [0.2, 0.25) is 5.91 Å². The number of benzene rings is 2.